The van der Waals surface area contributed by atoms with Crippen LogP contribution in [0, 0.1) is 17.5 Å². The van der Waals surface area contributed by atoms with Gasteiger partial charge in [-0.15, -0.1) is 0 Å². The van der Waals surface area contributed by atoms with Gasteiger partial charge in [0.05, 0.1) is 19.1 Å². The van der Waals surface area contributed by atoms with Crippen molar-refractivity contribution in [3.05, 3.63) is 53.3 Å². The number of rotatable bonds is 7. The Labute approximate surface area is 219 Å². The topological polar surface area (TPSA) is 44.8 Å². The number of carbonyl (C=O) groups is 1. The van der Waals surface area contributed by atoms with Gasteiger partial charge in [0.1, 0.15) is 29.2 Å². The van der Waals surface area contributed by atoms with Gasteiger partial charge in [0.15, 0.2) is 0 Å². The maximum absolute atomic E-state index is 15.1. The molecule has 0 unspecified atom stereocenters. The van der Waals surface area contributed by atoms with E-state index in [1.165, 1.54) is 13.2 Å². The molecule has 0 spiro atoms. The number of amides is 1. The fraction of sp³-hybridized carbons (Fsp3) is 0.536. The van der Waals surface area contributed by atoms with Crippen molar-refractivity contribution in [1.82, 2.24) is 15.1 Å². The Balaban J connectivity index is 1.55. The van der Waals surface area contributed by atoms with Crippen molar-refractivity contribution in [3.63, 3.8) is 0 Å². The lowest BCUT2D eigenvalue weighted by atomic mass is 9.85. The number of hydrogen-bond acceptors (Lipinski definition) is 4. The first kappa shape index (κ1) is 28.3. The van der Waals surface area contributed by atoms with Crippen LogP contribution < -0.4 is 10.1 Å². The number of benzene rings is 2. The largest absolute Gasteiger partial charge is 0.496 e. The third kappa shape index (κ3) is 6.12. The van der Waals surface area contributed by atoms with Gasteiger partial charge in [0.25, 0.3) is 5.92 Å². The van der Waals surface area contributed by atoms with Crippen LogP contribution in [0.1, 0.15) is 38.7 Å². The molecule has 38 heavy (non-hydrogen) atoms. The predicted molar refractivity (Wildman–Crippen MR) is 135 cm³/mol. The van der Waals surface area contributed by atoms with Crippen molar-refractivity contribution in [1.29, 1.82) is 0 Å². The zero-order valence-corrected chi connectivity index (χ0v) is 21.9. The molecule has 1 N–H and O–H groups in total. The number of piperazine rings is 1. The fourth-order valence-electron chi connectivity index (χ4n) is 5.67. The minimum atomic E-state index is -3.08. The van der Waals surface area contributed by atoms with Gasteiger partial charge < -0.3 is 10.1 Å². The van der Waals surface area contributed by atoms with Gasteiger partial charge in [0.2, 0.25) is 5.91 Å². The van der Waals surface area contributed by atoms with Crippen LogP contribution in [0.4, 0.5) is 22.0 Å². The van der Waals surface area contributed by atoms with Crippen molar-refractivity contribution >= 4 is 5.91 Å². The molecular weight excluding hydrogens is 505 g/mol. The summed E-state index contributed by atoms with van der Waals surface area (Å²) < 4.78 is 78.1. The lowest BCUT2D eigenvalue weighted by Crippen LogP contribution is -2.64. The van der Waals surface area contributed by atoms with E-state index in [1.54, 1.807) is 0 Å². The summed E-state index contributed by atoms with van der Waals surface area (Å²) in [6.45, 7) is 7.04. The molecule has 0 aromatic heterocycles. The number of ether oxygens (including phenoxy) is 1. The molecule has 2 atom stereocenters. The highest BCUT2D eigenvalue weighted by molar-refractivity contribution is 5.82. The Hall–Kier alpha value is -2.72. The van der Waals surface area contributed by atoms with Crippen molar-refractivity contribution in [2.75, 3.05) is 33.3 Å². The molecule has 1 amide bonds. The van der Waals surface area contributed by atoms with Crippen LogP contribution in [0.2, 0.25) is 0 Å². The molecule has 2 fully saturated rings. The average Bonchev–Trinajstić information content (AvgIpc) is 2.85. The van der Waals surface area contributed by atoms with Crippen LogP contribution >= 0.6 is 0 Å². The minimum Gasteiger partial charge on any atom is -0.496 e. The van der Waals surface area contributed by atoms with E-state index in [4.69, 9.17) is 4.74 Å². The molecule has 2 aromatic rings. The van der Waals surface area contributed by atoms with E-state index in [1.807, 2.05) is 4.90 Å². The predicted octanol–water partition coefficient (Wildman–Crippen LogP) is 5.02. The van der Waals surface area contributed by atoms with Crippen LogP contribution in [0.25, 0.3) is 11.1 Å². The molecule has 208 valence electrons. The summed E-state index contributed by atoms with van der Waals surface area (Å²) in [5.41, 5.74) is -0.0917. The third-order valence-electron chi connectivity index (χ3n) is 7.61. The smallest absolute Gasteiger partial charge is 0.269 e. The van der Waals surface area contributed by atoms with Crippen LogP contribution in [-0.2, 0) is 11.2 Å². The first-order valence-electron chi connectivity index (χ1n) is 13.0. The molecule has 1 saturated carbocycles. The van der Waals surface area contributed by atoms with Gasteiger partial charge in [-0.25, -0.2) is 22.0 Å². The first-order chi connectivity index (χ1) is 18.0. The summed E-state index contributed by atoms with van der Waals surface area (Å²) in [5.74, 6) is -6.42. The maximum Gasteiger partial charge on any atom is 0.269 e. The Morgan fingerprint density at radius 3 is 2.34 bits per heavy atom. The zero-order valence-electron chi connectivity index (χ0n) is 21.9. The van der Waals surface area contributed by atoms with Gasteiger partial charge in [-0.3, -0.25) is 14.6 Å². The van der Waals surface area contributed by atoms with Crippen molar-refractivity contribution in [2.45, 2.75) is 63.6 Å². The standard InChI is InChI=1S/C28H34F5N3O2/c1-17(2)35-9-11-36(12-10-35)23-5-4-8-28(32,33)27(23)34-24(37)15-18-6-7-22(31)25(26(18)38-3)19-13-20(29)16-21(30)14-19/h6-7,13-14,16-17,23,27H,4-5,8-12,15H2,1-3H3,(H,34,37)/t23-,27+/m0/s1. The van der Waals surface area contributed by atoms with E-state index >= 15 is 8.78 Å². The summed E-state index contributed by atoms with van der Waals surface area (Å²) in [4.78, 5) is 17.5. The van der Waals surface area contributed by atoms with Gasteiger partial charge >= 0.3 is 0 Å². The number of alkyl halides is 2. The Morgan fingerprint density at radius 2 is 1.74 bits per heavy atom. The third-order valence-corrected chi connectivity index (χ3v) is 7.61. The quantitative estimate of drug-likeness (QED) is 0.502. The molecule has 5 nitrogen and oxygen atoms in total. The van der Waals surface area contributed by atoms with Gasteiger partial charge in [-0.1, -0.05) is 6.07 Å². The molecule has 1 saturated heterocycles. The molecule has 2 aliphatic rings. The number of carbonyl (C=O) groups excluding carboxylic acids is 1. The van der Waals surface area contributed by atoms with E-state index in [0.717, 1.165) is 31.3 Å². The number of methoxy groups -OCH3 is 1. The number of nitrogens with zero attached hydrogens (tertiary/aromatic N) is 2. The maximum atomic E-state index is 15.1. The molecule has 10 heteroatoms. The number of halogens is 5. The normalized spacial score (nSPS) is 22.4. The van der Waals surface area contributed by atoms with Crippen LogP contribution in [-0.4, -0.2) is 73.0 Å². The van der Waals surface area contributed by atoms with Crippen LogP contribution in [0.15, 0.2) is 30.3 Å². The van der Waals surface area contributed by atoms with Crippen molar-refractivity contribution < 1.29 is 31.5 Å². The summed E-state index contributed by atoms with van der Waals surface area (Å²) >= 11 is 0. The highest BCUT2D eigenvalue weighted by Crippen LogP contribution is 2.38. The van der Waals surface area contributed by atoms with Crippen molar-refractivity contribution in [3.8, 4) is 16.9 Å². The Kier molecular flexibility index (Phi) is 8.62. The monoisotopic (exact) mass is 539 g/mol. The Morgan fingerprint density at radius 1 is 1.08 bits per heavy atom. The van der Waals surface area contributed by atoms with Crippen LogP contribution in [0.5, 0.6) is 5.75 Å². The van der Waals surface area contributed by atoms with Crippen LogP contribution in [0.3, 0.4) is 0 Å². The SMILES string of the molecule is COc1c(CC(=O)N[C@@H]2[C@@H](N3CCN(C(C)C)CC3)CCCC2(F)F)ccc(F)c1-c1cc(F)cc(F)c1. The average molecular weight is 540 g/mol. The molecule has 2 aromatic carbocycles. The minimum absolute atomic E-state index is 0.0816. The van der Waals surface area contributed by atoms with E-state index in [2.05, 4.69) is 24.1 Å². The van der Waals surface area contributed by atoms with Gasteiger partial charge in [-0.2, -0.15) is 0 Å². The van der Waals surface area contributed by atoms with Gasteiger partial charge in [0, 0.05) is 56.3 Å². The first-order valence-corrected chi connectivity index (χ1v) is 13.0. The number of nitrogens with one attached hydrogen (secondary N) is 1. The molecule has 4 rings (SSSR count). The molecule has 1 aliphatic heterocycles. The van der Waals surface area contributed by atoms with Gasteiger partial charge in [-0.05, 0) is 50.5 Å². The number of hydrogen-bond donors (Lipinski definition) is 1. The van der Waals surface area contributed by atoms with Crippen molar-refractivity contribution in [2.24, 2.45) is 0 Å². The molecule has 1 heterocycles. The lowest BCUT2D eigenvalue weighted by Gasteiger charge is -2.47. The summed E-state index contributed by atoms with van der Waals surface area (Å²) in [6.07, 6.45) is 0.245. The lowest BCUT2D eigenvalue weighted by molar-refractivity contribution is -0.133. The summed E-state index contributed by atoms with van der Waals surface area (Å²) in [7, 11) is 1.25. The summed E-state index contributed by atoms with van der Waals surface area (Å²) in [5, 5.41) is 2.57. The van der Waals surface area contributed by atoms with E-state index in [0.29, 0.717) is 38.0 Å². The second-order valence-electron chi connectivity index (χ2n) is 10.4. The fourth-order valence-corrected chi connectivity index (χ4v) is 5.67. The second-order valence-corrected chi connectivity index (χ2v) is 10.4. The highest BCUT2D eigenvalue weighted by atomic mass is 19.3. The van der Waals surface area contributed by atoms with E-state index in [-0.39, 0.29) is 35.3 Å². The summed E-state index contributed by atoms with van der Waals surface area (Å²) in [6, 6.07) is 3.47. The molecule has 0 radical (unpaired) electrons. The Bertz CT molecular complexity index is 1130. The molecule has 1 aliphatic carbocycles. The van der Waals surface area contributed by atoms with E-state index in [9.17, 15) is 18.0 Å². The van der Waals surface area contributed by atoms with E-state index < -0.39 is 41.4 Å². The zero-order chi connectivity index (χ0) is 27.6. The second kappa shape index (κ2) is 11.6. The molecule has 0 bridgehead atoms. The molecular formula is C28H34F5N3O2. The highest BCUT2D eigenvalue weighted by Gasteiger charge is 2.49.